The van der Waals surface area contributed by atoms with Crippen LogP contribution in [-0.2, 0) is 19.6 Å². The zero-order valence-electron chi connectivity index (χ0n) is 20.0. The fraction of sp³-hybridized carbons (Fsp3) is 0.346. The van der Waals surface area contributed by atoms with Gasteiger partial charge in [-0.3, -0.25) is 4.79 Å². The molecule has 1 unspecified atom stereocenters. The third kappa shape index (κ3) is 5.82. The molecule has 1 amide bonds. The Hall–Kier alpha value is -2.98. The normalized spacial score (nSPS) is 15.6. The molecule has 1 heterocycles. The summed E-state index contributed by atoms with van der Waals surface area (Å²) in [6.45, 7) is 5.60. The van der Waals surface area contributed by atoms with Crippen molar-refractivity contribution < 1.29 is 22.7 Å². The van der Waals surface area contributed by atoms with Gasteiger partial charge in [-0.15, -0.1) is 0 Å². The number of anilines is 1. The molecule has 0 bridgehead atoms. The van der Waals surface area contributed by atoms with Crippen molar-refractivity contribution in [2.24, 2.45) is 0 Å². The Balaban J connectivity index is 1.48. The maximum Gasteiger partial charge on any atom is 0.243 e. The van der Waals surface area contributed by atoms with Gasteiger partial charge < -0.3 is 20.1 Å². The Bertz CT molecular complexity index is 1280. The van der Waals surface area contributed by atoms with E-state index >= 15 is 0 Å². The van der Waals surface area contributed by atoms with Gasteiger partial charge in [-0.25, -0.2) is 8.42 Å². The standard InChI is InChI=1S/C26H31N3O5S/c1-3-34-25-12-11-21(35(31,32)29-13-15-33-16-14-29)17-24(25)28-26(30)18-27-19(2)22-10-6-8-20-7-4-5-9-23(20)22/h4-12,17,19,27H,3,13-16,18H2,1-2H3,(H,28,30). The summed E-state index contributed by atoms with van der Waals surface area (Å²) in [5.41, 5.74) is 1.43. The number of carbonyl (C=O) groups is 1. The summed E-state index contributed by atoms with van der Waals surface area (Å²) < 4.78 is 38.5. The summed E-state index contributed by atoms with van der Waals surface area (Å²) in [6, 6.07) is 18.7. The molecule has 1 aliphatic rings. The number of nitrogens with zero attached hydrogens (tertiary/aromatic N) is 1. The van der Waals surface area contributed by atoms with Crippen LogP contribution in [-0.4, -0.2) is 58.1 Å². The van der Waals surface area contributed by atoms with Crippen LogP contribution in [0.3, 0.4) is 0 Å². The van der Waals surface area contributed by atoms with Gasteiger partial charge in [0.25, 0.3) is 0 Å². The fourth-order valence-corrected chi connectivity index (χ4v) is 5.60. The molecule has 0 saturated carbocycles. The van der Waals surface area contributed by atoms with Crippen LogP contribution in [0.4, 0.5) is 5.69 Å². The molecule has 0 aromatic heterocycles. The van der Waals surface area contributed by atoms with Gasteiger partial charge in [0.15, 0.2) is 0 Å². The van der Waals surface area contributed by atoms with Gasteiger partial charge in [-0.05, 0) is 48.4 Å². The number of hydrogen-bond acceptors (Lipinski definition) is 6. The third-order valence-electron chi connectivity index (χ3n) is 5.99. The number of carbonyl (C=O) groups excluding carboxylic acids is 1. The quantitative estimate of drug-likeness (QED) is 0.469. The summed E-state index contributed by atoms with van der Waals surface area (Å²) in [7, 11) is -3.70. The number of fused-ring (bicyclic) bond motifs is 1. The van der Waals surface area contributed by atoms with Gasteiger partial charge in [0.05, 0.1) is 36.9 Å². The van der Waals surface area contributed by atoms with Gasteiger partial charge in [-0.1, -0.05) is 42.5 Å². The van der Waals surface area contributed by atoms with Crippen LogP contribution in [0.2, 0.25) is 0 Å². The van der Waals surface area contributed by atoms with E-state index in [1.807, 2.05) is 38.1 Å². The largest absolute Gasteiger partial charge is 0.492 e. The van der Waals surface area contributed by atoms with Crippen molar-refractivity contribution >= 4 is 32.4 Å². The summed E-state index contributed by atoms with van der Waals surface area (Å²) in [6.07, 6.45) is 0. The van der Waals surface area contributed by atoms with Crippen LogP contribution in [0, 0.1) is 0 Å². The van der Waals surface area contributed by atoms with Crippen LogP contribution in [0.5, 0.6) is 5.75 Å². The number of sulfonamides is 1. The van der Waals surface area contributed by atoms with Crippen molar-refractivity contribution in [3.8, 4) is 5.75 Å². The van der Waals surface area contributed by atoms with E-state index in [1.54, 1.807) is 6.07 Å². The van der Waals surface area contributed by atoms with Crippen molar-refractivity contribution in [3.63, 3.8) is 0 Å². The molecule has 1 aliphatic heterocycles. The second kappa shape index (κ2) is 11.2. The first kappa shape index (κ1) is 25.1. The minimum Gasteiger partial charge on any atom is -0.492 e. The maximum absolute atomic E-state index is 13.1. The highest BCUT2D eigenvalue weighted by Gasteiger charge is 2.27. The molecule has 9 heteroatoms. The second-order valence-corrected chi connectivity index (χ2v) is 10.3. The number of morpholine rings is 1. The number of benzene rings is 3. The molecular weight excluding hydrogens is 466 g/mol. The molecule has 0 spiro atoms. The molecular formula is C26H31N3O5S. The number of hydrogen-bond donors (Lipinski definition) is 2. The van der Waals surface area contributed by atoms with E-state index < -0.39 is 10.0 Å². The highest BCUT2D eigenvalue weighted by atomic mass is 32.2. The Morgan fingerprint density at radius 1 is 1.09 bits per heavy atom. The van der Waals surface area contributed by atoms with Gasteiger partial charge >= 0.3 is 0 Å². The topological polar surface area (TPSA) is 97.0 Å². The Morgan fingerprint density at radius 2 is 1.83 bits per heavy atom. The van der Waals surface area contributed by atoms with Crippen LogP contribution in [0.15, 0.2) is 65.6 Å². The number of amides is 1. The molecule has 0 aliphatic carbocycles. The highest BCUT2D eigenvalue weighted by Crippen LogP contribution is 2.30. The van der Waals surface area contributed by atoms with E-state index in [1.165, 1.54) is 16.4 Å². The fourth-order valence-electron chi connectivity index (χ4n) is 4.16. The molecule has 2 N–H and O–H groups in total. The molecule has 4 rings (SSSR count). The first-order valence-electron chi connectivity index (χ1n) is 11.8. The smallest absolute Gasteiger partial charge is 0.243 e. The lowest BCUT2D eigenvalue weighted by atomic mass is 10.00. The van der Waals surface area contributed by atoms with Crippen molar-refractivity contribution in [3.05, 3.63) is 66.2 Å². The molecule has 35 heavy (non-hydrogen) atoms. The van der Waals surface area contributed by atoms with Crippen molar-refractivity contribution in [1.29, 1.82) is 0 Å². The lowest BCUT2D eigenvalue weighted by molar-refractivity contribution is -0.115. The Kier molecular flexibility index (Phi) is 8.02. The molecule has 0 radical (unpaired) electrons. The Morgan fingerprint density at radius 3 is 2.60 bits per heavy atom. The predicted octanol–water partition coefficient (Wildman–Crippen LogP) is 3.55. The summed E-state index contributed by atoms with van der Waals surface area (Å²) in [5, 5.41) is 8.36. The van der Waals surface area contributed by atoms with E-state index in [9.17, 15) is 13.2 Å². The number of ether oxygens (including phenoxy) is 2. The SMILES string of the molecule is CCOc1ccc(S(=O)(=O)N2CCOCC2)cc1NC(=O)CNC(C)c1cccc2ccccc12. The van der Waals surface area contributed by atoms with Crippen molar-refractivity contribution in [2.45, 2.75) is 24.8 Å². The van der Waals surface area contributed by atoms with Crippen LogP contribution >= 0.6 is 0 Å². The van der Waals surface area contributed by atoms with E-state index in [-0.39, 0.29) is 23.4 Å². The minimum atomic E-state index is -3.70. The molecule has 1 fully saturated rings. The van der Waals surface area contributed by atoms with Gasteiger partial charge in [0, 0.05) is 19.1 Å². The summed E-state index contributed by atoms with van der Waals surface area (Å²) in [4.78, 5) is 12.9. The van der Waals surface area contributed by atoms with E-state index in [2.05, 4.69) is 28.8 Å². The lowest BCUT2D eigenvalue weighted by Gasteiger charge is -2.26. The molecule has 1 saturated heterocycles. The minimum absolute atomic E-state index is 0.0520. The Labute approximate surface area is 206 Å². The third-order valence-corrected chi connectivity index (χ3v) is 7.89. The second-order valence-electron chi connectivity index (χ2n) is 8.33. The van der Waals surface area contributed by atoms with Gasteiger partial charge in [0.1, 0.15) is 5.75 Å². The van der Waals surface area contributed by atoms with Crippen molar-refractivity contribution in [2.75, 3.05) is 44.8 Å². The first-order valence-corrected chi connectivity index (χ1v) is 13.2. The monoisotopic (exact) mass is 497 g/mol. The molecule has 186 valence electrons. The van der Waals surface area contributed by atoms with E-state index in [0.29, 0.717) is 44.3 Å². The van der Waals surface area contributed by atoms with Crippen molar-refractivity contribution in [1.82, 2.24) is 9.62 Å². The zero-order chi connectivity index (χ0) is 24.8. The number of nitrogens with one attached hydrogen (secondary N) is 2. The molecule has 3 aromatic carbocycles. The number of rotatable bonds is 9. The van der Waals surface area contributed by atoms with Crippen LogP contribution in [0.25, 0.3) is 10.8 Å². The lowest BCUT2D eigenvalue weighted by Crippen LogP contribution is -2.40. The maximum atomic E-state index is 13.1. The molecule has 3 aromatic rings. The van der Waals surface area contributed by atoms with E-state index in [0.717, 1.165) is 16.3 Å². The first-order chi connectivity index (χ1) is 16.9. The average Bonchev–Trinajstić information content (AvgIpc) is 2.88. The van der Waals surface area contributed by atoms with Gasteiger partial charge in [-0.2, -0.15) is 4.31 Å². The average molecular weight is 498 g/mol. The van der Waals surface area contributed by atoms with E-state index in [4.69, 9.17) is 9.47 Å². The summed E-state index contributed by atoms with van der Waals surface area (Å²) >= 11 is 0. The van der Waals surface area contributed by atoms with Crippen LogP contribution < -0.4 is 15.4 Å². The summed E-state index contributed by atoms with van der Waals surface area (Å²) in [5.74, 6) is 0.128. The molecule has 8 nitrogen and oxygen atoms in total. The zero-order valence-corrected chi connectivity index (χ0v) is 20.8. The van der Waals surface area contributed by atoms with Crippen LogP contribution in [0.1, 0.15) is 25.5 Å². The highest BCUT2D eigenvalue weighted by molar-refractivity contribution is 7.89. The predicted molar refractivity (Wildman–Crippen MR) is 136 cm³/mol. The molecule has 1 atom stereocenters. The van der Waals surface area contributed by atoms with Gasteiger partial charge in [0.2, 0.25) is 15.9 Å².